The number of carboxylic acid groups (broad SMARTS) is 1. The molecule has 1 aromatic carbocycles. The van der Waals surface area contributed by atoms with Crippen molar-refractivity contribution < 1.29 is 14.8 Å². The van der Waals surface area contributed by atoms with E-state index in [-0.39, 0.29) is 22.7 Å². The van der Waals surface area contributed by atoms with Crippen molar-refractivity contribution in [2.45, 2.75) is 5.88 Å². The molecular formula is C8H6ClNO4. The zero-order chi connectivity index (χ0) is 10.7. The molecule has 0 fully saturated rings. The highest BCUT2D eigenvalue weighted by atomic mass is 35.5. The maximum absolute atomic E-state index is 10.5. The van der Waals surface area contributed by atoms with E-state index >= 15 is 0 Å². The second-order valence-corrected chi connectivity index (χ2v) is 2.81. The molecule has 0 amide bonds. The van der Waals surface area contributed by atoms with E-state index in [1.54, 1.807) is 0 Å². The van der Waals surface area contributed by atoms with Gasteiger partial charge in [0.05, 0.1) is 16.4 Å². The Labute approximate surface area is 84.1 Å². The minimum absolute atomic E-state index is 0.00810. The van der Waals surface area contributed by atoms with Crippen LogP contribution in [0.1, 0.15) is 15.9 Å². The number of rotatable bonds is 3. The topological polar surface area (TPSA) is 80.4 Å². The number of hydrogen-bond acceptors (Lipinski definition) is 3. The van der Waals surface area contributed by atoms with Crippen LogP contribution in [0, 0.1) is 10.1 Å². The third-order valence-corrected chi connectivity index (χ3v) is 1.96. The molecule has 0 aromatic heterocycles. The van der Waals surface area contributed by atoms with Gasteiger partial charge < -0.3 is 5.11 Å². The van der Waals surface area contributed by atoms with Crippen LogP contribution in [0.2, 0.25) is 0 Å². The molecule has 0 radical (unpaired) electrons. The molecule has 0 saturated heterocycles. The van der Waals surface area contributed by atoms with Crippen LogP contribution in [0.3, 0.4) is 0 Å². The van der Waals surface area contributed by atoms with Crippen LogP contribution in [0.25, 0.3) is 0 Å². The fourth-order valence-corrected chi connectivity index (χ4v) is 1.22. The first-order valence-electron chi connectivity index (χ1n) is 3.63. The van der Waals surface area contributed by atoms with Gasteiger partial charge in [0.15, 0.2) is 0 Å². The molecule has 0 atom stereocenters. The monoisotopic (exact) mass is 215 g/mol. The molecule has 74 valence electrons. The van der Waals surface area contributed by atoms with Crippen LogP contribution in [0.15, 0.2) is 18.2 Å². The quantitative estimate of drug-likeness (QED) is 0.475. The van der Waals surface area contributed by atoms with E-state index in [2.05, 4.69) is 0 Å². The number of nitrogens with zero attached hydrogens (tertiary/aromatic N) is 1. The molecule has 0 aliphatic carbocycles. The van der Waals surface area contributed by atoms with Gasteiger partial charge in [-0.2, -0.15) is 0 Å². The summed E-state index contributed by atoms with van der Waals surface area (Å²) in [6, 6.07) is 3.52. The molecule has 0 unspecified atom stereocenters. The molecule has 1 N–H and O–H groups in total. The van der Waals surface area contributed by atoms with Gasteiger partial charge in [0, 0.05) is 11.6 Å². The molecular weight excluding hydrogens is 210 g/mol. The lowest BCUT2D eigenvalue weighted by molar-refractivity contribution is -0.385. The maximum atomic E-state index is 10.5. The number of benzene rings is 1. The third kappa shape index (κ3) is 2.00. The summed E-state index contributed by atoms with van der Waals surface area (Å²) in [5, 5.41) is 19.1. The van der Waals surface area contributed by atoms with E-state index < -0.39 is 10.9 Å². The highest BCUT2D eigenvalue weighted by Crippen LogP contribution is 2.21. The summed E-state index contributed by atoms with van der Waals surface area (Å²) in [7, 11) is 0. The van der Waals surface area contributed by atoms with E-state index in [1.165, 1.54) is 12.1 Å². The average molecular weight is 216 g/mol. The Morgan fingerprint density at radius 2 is 2.21 bits per heavy atom. The Kier molecular flexibility index (Phi) is 3.03. The highest BCUT2D eigenvalue weighted by Gasteiger charge is 2.15. The number of halogens is 1. The maximum Gasteiger partial charge on any atom is 0.335 e. The normalized spacial score (nSPS) is 9.79. The van der Waals surface area contributed by atoms with Gasteiger partial charge in [-0.3, -0.25) is 10.1 Å². The first-order chi connectivity index (χ1) is 6.56. The van der Waals surface area contributed by atoms with Crippen molar-refractivity contribution in [3.05, 3.63) is 39.4 Å². The van der Waals surface area contributed by atoms with E-state index in [1.807, 2.05) is 0 Å². The van der Waals surface area contributed by atoms with E-state index in [9.17, 15) is 14.9 Å². The predicted molar refractivity (Wildman–Crippen MR) is 49.6 cm³/mol. The number of carboxylic acids is 1. The van der Waals surface area contributed by atoms with E-state index in [0.717, 1.165) is 6.07 Å². The SMILES string of the molecule is O=C(O)c1ccc([N+](=O)[O-])c(CCl)c1. The number of hydrogen-bond donors (Lipinski definition) is 1. The van der Waals surface area contributed by atoms with Crippen molar-refractivity contribution in [1.82, 2.24) is 0 Å². The van der Waals surface area contributed by atoms with Crippen LogP contribution in [-0.4, -0.2) is 16.0 Å². The van der Waals surface area contributed by atoms with Gasteiger partial charge in [0.1, 0.15) is 0 Å². The molecule has 0 aliphatic rings. The van der Waals surface area contributed by atoms with Gasteiger partial charge >= 0.3 is 5.97 Å². The summed E-state index contributed by atoms with van der Waals surface area (Å²) >= 11 is 5.46. The average Bonchev–Trinajstić information content (AvgIpc) is 2.16. The standard InChI is InChI=1S/C8H6ClNO4/c9-4-6-3-5(8(11)12)1-2-7(6)10(13)14/h1-3H,4H2,(H,11,12). The van der Waals surface area contributed by atoms with Crippen molar-refractivity contribution in [3.63, 3.8) is 0 Å². The fourth-order valence-electron chi connectivity index (χ4n) is 1.00. The zero-order valence-electron chi connectivity index (χ0n) is 6.94. The first kappa shape index (κ1) is 10.5. The Hall–Kier alpha value is -1.62. The number of carbonyl (C=O) groups is 1. The molecule has 0 bridgehead atoms. The highest BCUT2D eigenvalue weighted by molar-refractivity contribution is 6.17. The van der Waals surface area contributed by atoms with E-state index in [4.69, 9.17) is 16.7 Å². The number of aromatic carboxylic acids is 1. The van der Waals surface area contributed by atoms with Crippen LogP contribution in [0.5, 0.6) is 0 Å². The van der Waals surface area contributed by atoms with Gasteiger partial charge in [-0.05, 0) is 12.1 Å². The number of nitro groups is 1. The molecule has 14 heavy (non-hydrogen) atoms. The number of alkyl halides is 1. The summed E-state index contributed by atoms with van der Waals surface area (Å²) in [4.78, 5) is 20.4. The van der Waals surface area contributed by atoms with Crippen molar-refractivity contribution >= 4 is 23.3 Å². The van der Waals surface area contributed by atoms with Crippen molar-refractivity contribution in [3.8, 4) is 0 Å². The number of nitro benzene ring substituents is 1. The predicted octanol–water partition coefficient (Wildman–Crippen LogP) is 2.03. The molecule has 0 heterocycles. The molecule has 6 heteroatoms. The summed E-state index contributed by atoms with van der Waals surface area (Å²) < 4.78 is 0. The second kappa shape index (κ2) is 4.06. The Morgan fingerprint density at radius 3 is 2.64 bits per heavy atom. The fraction of sp³-hybridized carbons (Fsp3) is 0.125. The second-order valence-electron chi connectivity index (χ2n) is 2.54. The summed E-state index contributed by atoms with van der Waals surface area (Å²) in [6.45, 7) is 0. The lowest BCUT2D eigenvalue weighted by atomic mass is 10.1. The Bertz CT molecular complexity index is 391. The molecule has 0 aliphatic heterocycles. The molecule has 1 rings (SSSR count). The van der Waals surface area contributed by atoms with Crippen molar-refractivity contribution in [1.29, 1.82) is 0 Å². The van der Waals surface area contributed by atoms with Crippen molar-refractivity contribution in [2.24, 2.45) is 0 Å². The van der Waals surface area contributed by atoms with Crippen LogP contribution in [-0.2, 0) is 5.88 Å². The molecule has 5 nitrogen and oxygen atoms in total. The van der Waals surface area contributed by atoms with Gasteiger partial charge in [-0.15, -0.1) is 11.6 Å². The smallest absolute Gasteiger partial charge is 0.335 e. The van der Waals surface area contributed by atoms with Crippen LogP contribution < -0.4 is 0 Å². The van der Waals surface area contributed by atoms with Crippen molar-refractivity contribution in [2.75, 3.05) is 0 Å². The van der Waals surface area contributed by atoms with Crippen LogP contribution in [0.4, 0.5) is 5.69 Å². The largest absolute Gasteiger partial charge is 0.478 e. The third-order valence-electron chi connectivity index (χ3n) is 1.67. The molecule has 0 spiro atoms. The summed E-state index contributed by atoms with van der Waals surface area (Å²) in [5.74, 6) is -1.22. The Balaban J connectivity index is 3.25. The summed E-state index contributed by atoms with van der Waals surface area (Å²) in [5.41, 5.74) is 0.0350. The Morgan fingerprint density at radius 1 is 1.57 bits per heavy atom. The molecule has 1 aromatic rings. The van der Waals surface area contributed by atoms with Crippen LogP contribution >= 0.6 is 11.6 Å². The minimum Gasteiger partial charge on any atom is -0.478 e. The lowest BCUT2D eigenvalue weighted by Crippen LogP contribution is -2.00. The van der Waals surface area contributed by atoms with Gasteiger partial charge in [-0.25, -0.2) is 4.79 Å². The first-order valence-corrected chi connectivity index (χ1v) is 4.16. The van der Waals surface area contributed by atoms with Gasteiger partial charge in [-0.1, -0.05) is 0 Å². The molecule has 0 saturated carbocycles. The lowest BCUT2D eigenvalue weighted by Gasteiger charge is -1.99. The van der Waals surface area contributed by atoms with Gasteiger partial charge in [0.2, 0.25) is 0 Å². The summed E-state index contributed by atoms with van der Waals surface area (Å²) in [6.07, 6.45) is 0. The van der Waals surface area contributed by atoms with E-state index in [0.29, 0.717) is 0 Å². The zero-order valence-corrected chi connectivity index (χ0v) is 7.69. The van der Waals surface area contributed by atoms with Gasteiger partial charge in [0.25, 0.3) is 5.69 Å². The minimum atomic E-state index is -1.13.